The van der Waals surface area contributed by atoms with Crippen LogP contribution in [0.4, 0.5) is 0 Å². The van der Waals surface area contributed by atoms with Crippen molar-refractivity contribution in [3.8, 4) is 11.5 Å². The molecule has 4 aromatic carbocycles. The van der Waals surface area contributed by atoms with Gasteiger partial charge in [-0.05, 0) is 42.0 Å². The summed E-state index contributed by atoms with van der Waals surface area (Å²) in [4.78, 5) is 13.9. The molecule has 5 aromatic rings. The van der Waals surface area contributed by atoms with E-state index in [1.807, 2.05) is 30.3 Å². The molecular formula is C29H23NO5S. The third-order valence-electron chi connectivity index (χ3n) is 5.81. The first-order valence-electron chi connectivity index (χ1n) is 11.3. The average Bonchev–Trinajstić information content (AvgIpc) is 3.33. The summed E-state index contributed by atoms with van der Waals surface area (Å²) in [6.07, 6.45) is 0. The number of hydrogen-bond donors (Lipinski definition) is 0. The predicted octanol–water partition coefficient (Wildman–Crippen LogP) is 5.70. The molecule has 180 valence electrons. The molecule has 0 atom stereocenters. The van der Waals surface area contributed by atoms with Crippen molar-refractivity contribution >= 4 is 26.7 Å². The summed E-state index contributed by atoms with van der Waals surface area (Å²) in [7, 11) is -2.54. The van der Waals surface area contributed by atoms with E-state index in [2.05, 4.69) is 0 Å². The largest absolute Gasteiger partial charge is 0.497 e. The minimum absolute atomic E-state index is 0.0299. The summed E-state index contributed by atoms with van der Waals surface area (Å²) in [6, 6.07) is 31.2. The summed E-state index contributed by atoms with van der Waals surface area (Å²) >= 11 is 0. The van der Waals surface area contributed by atoms with Crippen molar-refractivity contribution in [3.05, 3.63) is 126 Å². The Hall–Kier alpha value is -4.36. The SMILES string of the molecule is COc1cc(OCc2ccccc2)cc(C(=O)c2cc3ccccc3n2S(=O)(=O)c2ccccc2)c1. The van der Waals surface area contributed by atoms with Crippen molar-refractivity contribution in [1.82, 2.24) is 3.97 Å². The number of carbonyl (C=O) groups is 1. The molecule has 36 heavy (non-hydrogen) atoms. The molecule has 0 aliphatic rings. The van der Waals surface area contributed by atoms with Crippen molar-refractivity contribution in [1.29, 1.82) is 0 Å². The van der Waals surface area contributed by atoms with Gasteiger partial charge in [0.05, 0.1) is 17.5 Å². The van der Waals surface area contributed by atoms with Crippen molar-refractivity contribution in [3.63, 3.8) is 0 Å². The van der Waals surface area contributed by atoms with Crippen LogP contribution in [0.15, 0.2) is 114 Å². The van der Waals surface area contributed by atoms with Crippen molar-refractivity contribution < 1.29 is 22.7 Å². The lowest BCUT2D eigenvalue weighted by atomic mass is 10.1. The third kappa shape index (κ3) is 4.48. The van der Waals surface area contributed by atoms with Gasteiger partial charge in [0.1, 0.15) is 23.8 Å². The highest BCUT2D eigenvalue weighted by Gasteiger charge is 2.27. The number of fused-ring (bicyclic) bond motifs is 1. The molecule has 0 N–H and O–H groups in total. The van der Waals surface area contributed by atoms with Crippen LogP contribution in [-0.2, 0) is 16.6 Å². The van der Waals surface area contributed by atoms with Gasteiger partial charge in [-0.25, -0.2) is 12.4 Å². The van der Waals surface area contributed by atoms with Crippen molar-refractivity contribution in [2.24, 2.45) is 0 Å². The molecule has 0 saturated carbocycles. The molecule has 6 nitrogen and oxygen atoms in total. The minimum Gasteiger partial charge on any atom is -0.497 e. The second kappa shape index (κ2) is 9.71. The average molecular weight is 498 g/mol. The van der Waals surface area contributed by atoms with Crippen LogP contribution < -0.4 is 9.47 Å². The fourth-order valence-electron chi connectivity index (χ4n) is 4.04. The Labute approximate surface area is 209 Å². The highest BCUT2D eigenvalue weighted by Crippen LogP contribution is 2.30. The maximum atomic E-state index is 13.8. The molecule has 0 unspecified atom stereocenters. The first kappa shape index (κ1) is 23.4. The molecule has 0 spiro atoms. The number of ether oxygens (including phenoxy) is 2. The Kier molecular flexibility index (Phi) is 6.31. The van der Waals surface area contributed by atoms with Gasteiger partial charge in [-0.15, -0.1) is 0 Å². The molecule has 0 aliphatic carbocycles. The molecule has 1 heterocycles. The number of nitrogens with zero attached hydrogens (tertiary/aromatic N) is 1. The number of aromatic nitrogens is 1. The maximum Gasteiger partial charge on any atom is 0.268 e. The number of rotatable bonds is 8. The Morgan fingerprint density at radius 3 is 2.14 bits per heavy atom. The number of carbonyl (C=O) groups excluding carboxylic acids is 1. The van der Waals surface area contributed by atoms with Crippen LogP contribution in [0, 0.1) is 0 Å². The highest BCUT2D eigenvalue weighted by molar-refractivity contribution is 7.90. The van der Waals surface area contributed by atoms with E-state index in [-0.39, 0.29) is 16.2 Å². The van der Waals surface area contributed by atoms with Gasteiger partial charge in [-0.3, -0.25) is 4.79 Å². The van der Waals surface area contributed by atoms with Gasteiger partial charge in [-0.1, -0.05) is 66.7 Å². The van der Waals surface area contributed by atoms with Gasteiger partial charge in [0.2, 0.25) is 5.78 Å². The number of para-hydroxylation sites is 1. The van der Waals surface area contributed by atoms with E-state index < -0.39 is 15.8 Å². The molecule has 1 aromatic heterocycles. The van der Waals surface area contributed by atoms with Crippen LogP contribution in [0.5, 0.6) is 11.5 Å². The number of methoxy groups -OCH3 is 1. The van der Waals surface area contributed by atoms with E-state index in [1.54, 1.807) is 66.7 Å². The number of ketones is 1. The van der Waals surface area contributed by atoms with Crippen LogP contribution in [0.2, 0.25) is 0 Å². The van der Waals surface area contributed by atoms with Crippen LogP contribution in [0.25, 0.3) is 10.9 Å². The Morgan fingerprint density at radius 2 is 1.42 bits per heavy atom. The third-order valence-corrected chi connectivity index (χ3v) is 7.55. The van der Waals surface area contributed by atoms with E-state index in [0.717, 1.165) is 9.54 Å². The molecule has 7 heteroatoms. The lowest BCUT2D eigenvalue weighted by Crippen LogP contribution is -2.19. The van der Waals surface area contributed by atoms with Gasteiger partial charge in [-0.2, -0.15) is 0 Å². The monoisotopic (exact) mass is 497 g/mol. The maximum absolute atomic E-state index is 13.8. The summed E-state index contributed by atoms with van der Waals surface area (Å²) in [5, 5.41) is 0.642. The molecular weight excluding hydrogens is 474 g/mol. The zero-order chi connectivity index (χ0) is 25.1. The molecule has 0 aliphatic heterocycles. The van der Waals surface area contributed by atoms with E-state index in [9.17, 15) is 13.2 Å². The fraction of sp³-hybridized carbons (Fsp3) is 0.0690. The number of hydrogen-bond acceptors (Lipinski definition) is 5. The molecule has 0 saturated heterocycles. The lowest BCUT2D eigenvalue weighted by Gasteiger charge is -2.13. The molecule has 0 radical (unpaired) electrons. The Balaban J connectivity index is 1.60. The quantitative estimate of drug-likeness (QED) is 0.257. The Bertz CT molecular complexity index is 1640. The molecule has 0 amide bonds. The first-order valence-corrected chi connectivity index (χ1v) is 12.7. The highest BCUT2D eigenvalue weighted by atomic mass is 32.2. The molecule has 0 fully saturated rings. The summed E-state index contributed by atoms with van der Waals surface area (Å²) in [6.45, 7) is 0.310. The Morgan fingerprint density at radius 1 is 0.778 bits per heavy atom. The fourth-order valence-corrected chi connectivity index (χ4v) is 5.57. The van der Waals surface area contributed by atoms with Crippen LogP contribution >= 0.6 is 0 Å². The minimum atomic E-state index is -4.04. The second-order valence-corrected chi connectivity index (χ2v) is 9.96. The normalized spacial score (nSPS) is 11.4. The van der Waals surface area contributed by atoms with Crippen LogP contribution in [0.3, 0.4) is 0 Å². The first-order chi connectivity index (χ1) is 17.5. The molecule has 0 bridgehead atoms. The predicted molar refractivity (Wildman–Crippen MR) is 138 cm³/mol. The lowest BCUT2D eigenvalue weighted by molar-refractivity contribution is 0.103. The number of benzene rings is 4. The van der Waals surface area contributed by atoms with Gasteiger partial charge in [0.15, 0.2) is 0 Å². The topological polar surface area (TPSA) is 74.6 Å². The van der Waals surface area contributed by atoms with E-state index in [1.165, 1.54) is 19.2 Å². The smallest absolute Gasteiger partial charge is 0.268 e. The van der Waals surface area contributed by atoms with Gasteiger partial charge >= 0.3 is 0 Å². The van der Waals surface area contributed by atoms with Gasteiger partial charge in [0.25, 0.3) is 10.0 Å². The van der Waals surface area contributed by atoms with Crippen LogP contribution in [0.1, 0.15) is 21.6 Å². The van der Waals surface area contributed by atoms with Crippen LogP contribution in [-0.4, -0.2) is 25.3 Å². The van der Waals surface area contributed by atoms with Crippen molar-refractivity contribution in [2.45, 2.75) is 11.5 Å². The van der Waals surface area contributed by atoms with Gasteiger partial charge < -0.3 is 9.47 Å². The van der Waals surface area contributed by atoms with Crippen molar-refractivity contribution in [2.75, 3.05) is 7.11 Å². The van der Waals surface area contributed by atoms with E-state index in [0.29, 0.717) is 29.0 Å². The second-order valence-electron chi connectivity index (χ2n) is 8.17. The standard InChI is InChI=1S/C29H23NO5S/c1-34-24-16-23(17-25(19-24)35-20-21-10-4-2-5-11-21)29(31)28-18-22-12-8-9-15-27(22)30(28)36(32,33)26-13-6-3-7-14-26/h2-19H,20H2,1H3. The zero-order valence-corrected chi connectivity index (χ0v) is 20.3. The summed E-state index contributed by atoms with van der Waals surface area (Å²) in [5.74, 6) is 0.404. The van der Waals surface area contributed by atoms with E-state index in [4.69, 9.17) is 9.47 Å². The zero-order valence-electron chi connectivity index (χ0n) is 19.5. The van der Waals surface area contributed by atoms with E-state index >= 15 is 0 Å². The van der Waals surface area contributed by atoms with Gasteiger partial charge in [0, 0.05) is 17.0 Å². The molecule has 5 rings (SSSR count). The summed E-state index contributed by atoms with van der Waals surface area (Å²) < 4.78 is 39.8. The summed E-state index contributed by atoms with van der Waals surface area (Å²) in [5.41, 5.74) is 1.68.